The molecule has 4 heteroatoms. The Labute approximate surface area is 101 Å². The Bertz CT molecular complexity index is 494. The third-order valence-corrected chi connectivity index (χ3v) is 2.77. The van der Waals surface area contributed by atoms with E-state index in [1.807, 2.05) is 12.1 Å². The van der Waals surface area contributed by atoms with Crippen molar-refractivity contribution >= 4 is 0 Å². The Kier molecular flexibility index (Phi) is 2.98. The summed E-state index contributed by atoms with van der Waals surface area (Å²) in [5.74, 6) is 0.550. The molecule has 1 N–H and O–H groups in total. The highest BCUT2D eigenvalue weighted by molar-refractivity contribution is 5.37. The van der Waals surface area contributed by atoms with Crippen molar-refractivity contribution in [3.63, 3.8) is 0 Å². The number of aliphatic hydroxyl groups excluding tert-OH is 1. The van der Waals surface area contributed by atoms with Gasteiger partial charge < -0.3 is 5.11 Å². The Morgan fingerprint density at radius 3 is 2.35 bits per heavy atom. The summed E-state index contributed by atoms with van der Waals surface area (Å²) in [6, 6.07) is 8.22. The number of aromatic nitrogens is 3. The molecule has 90 valence electrons. The van der Waals surface area contributed by atoms with E-state index >= 15 is 0 Å². The molecular weight excluding hydrogens is 214 g/mol. The molecule has 0 aliphatic carbocycles. The van der Waals surface area contributed by atoms with Crippen molar-refractivity contribution in [2.45, 2.75) is 32.8 Å². The molecule has 17 heavy (non-hydrogen) atoms. The minimum absolute atomic E-state index is 0.110. The van der Waals surface area contributed by atoms with Crippen LogP contribution >= 0.6 is 0 Å². The van der Waals surface area contributed by atoms with Gasteiger partial charge in [-0.25, -0.2) is 0 Å². The van der Waals surface area contributed by atoms with Gasteiger partial charge in [-0.15, -0.1) is 10.2 Å². The van der Waals surface area contributed by atoms with Gasteiger partial charge in [-0.3, -0.25) is 4.57 Å². The fourth-order valence-electron chi connectivity index (χ4n) is 1.70. The zero-order chi connectivity index (χ0) is 12.5. The lowest BCUT2D eigenvalue weighted by molar-refractivity contribution is 0.269. The minimum atomic E-state index is -0.110. The second-order valence-electron chi connectivity index (χ2n) is 5.07. The van der Waals surface area contributed by atoms with Gasteiger partial charge in [0.25, 0.3) is 0 Å². The summed E-state index contributed by atoms with van der Waals surface area (Å²) < 4.78 is 1.78. The maximum absolute atomic E-state index is 9.13. The monoisotopic (exact) mass is 231 g/mol. The quantitative estimate of drug-likeness (QED) is 0.860. The van der Waals surface area contributed by atoms with Crippen LogP contribution < -0.4 is 0 Å². The molecule has 0 unspecified atom stereocenters. The van der Waals surface area contributed by atoms with E-state index in [-0.39, 0.29) is 12.0 Å². The van der Waals surface area contributed by atoms with Gasteiger partial charge in [0, 0.05) is 5.69 Å². The molecule has 0 aliphatic heterocycles. The third kappa shape index (κ3) is 2.36. The molecule has 4 nitrogen and oxygen atoms in total. The molecule has 1 aromatic heterocycles. The van der Waals surface area contributed by atoms with E-state index < -0.39 is 0 Å². The Morgan fingerprint density at radius 1 is 1.18 bits per heavy atom. The molecule has 0 radical (unpaired) electrons. The predicted octanol–water partition coefficient (Wildman–Crippen LogP) is 2.06. The van der Waals surface area contributed by atoms with Gasteiger partial charge in [0.1, 0.15) is 12.9 Å². The zero-order valence-electron chi connectivity index (χ0n) is 10.4. The van der Waals surface area contributed by atoms with Crippen molar-refractivity contribution in [2.75, 3.05) is 0 Å². The van der Waals surface area contributed by atoms with Gasteiger partial charge in [0.05, 0.1) is 0 Å². The van der Waals surface area contributed by atoms with Gasteiger partial charge in [0.2, 0.25) is 0 Å². The van der Waals surface area contributed by atoms with E-state index in [0.717, 1.165) is 5.69 Å². The SMILES string of the molecule is CC(C)(C)c1ccc(-n2cnnc2CO)cc1. The van der Waals surface area contributed by atoms with E-state index in [2.05, 4.69) is 43.1 Å². The number of rotatable bonds is 2. The van der Waals surface area contributed by atoms with Gasteiger partial charge in [-0.05, 0) is 23.1 Å². The van der Waals surface area contributed by atoms with E-state index in [1.165, 1.54) is 5.56 Å². The van der Waals surface area contributed by atoms with Crippen LogP contribution in [0.5, 0.6) is 0 Å². The lowest BCUT2D eigenvalue weighted by atomic mass is 9.87. The highest BCUT2D eigenvalue weighted by Gasteiger charge is 2.13. The molecule has 1 aromatic carbocycles. The predicted molar refractivity (Wildman–Crippen MR) is 66.0 cm³/mol. The number of hydrogen-bond donors (Lipinski definition) is 1. The first-order valence-electron chi connectivity index (χ1n) is 5.63. The molecule has 0 amide bonds. The van der Waals surface area contributed by atoms with Crippen molar-refractivity contribution in [2.24, 2.45) is 0 Å². The second kappa shape index (κ2) is 4.30. The summed E-state index contributed by atoms with van der Waals surface area (Å²) in [5.41, 5.74) is 2.39. The van der Waals surface area contributed by atoms with Crippen LogP contribution in [0.25, 0.3) is 5.69 Å². The first kappa shape index (κ1) is 11.8. The molecule has 0 bridgehead atoms. The van der Waals surface area contributed by atoms with E-state index in [0.29, 0.717) is 5.82 Å². The van der Waals surface area contributed by atoms with Crippen LogP contribution in [0.1, 0.15) is 32.2 Å². The summed E-state index contributed by atoms with van der Waals surface area (Å²) in [4.78, 5) is 0. The van der Waals surface area contributed by atoms with Gasteiger partial charge in [-0.1, -0.05) is 32.9 Å². The summed E-state index contributed by atoms with van der Waals surface area (Å²) in [5, 5.41) is 16.8. The Balaban J connectivity index is 2.36. The largest absolute Gasteiger partial charge is 0.388 e. The molecule has 2 rings (SSSR count). The van der Waals surface area contributed by atoms with Crippen LogP contribution in [0.3, 0.4) is 0 Å². The molecule has 0 saturated carbocycles. The Hall–Kier alpha value is -1.68. The molecule has 0 aliphatic rings. The average Bonchev–Trinajstić information content (AvgIpc) is 2.76. The summed E-state index contributed by atoms with van der Waals surface area (Å²) in [6.07, 6.45) is 1.61. The average molecular weight is 231 g/mol. The first-order valence-corrected chi connectivity index (χ1v) is 5.63. The number of nitrogens with zero attached hydrogens (tertiary/aromatic N) is 3. The van der Waals surface area contributed by atoms with Crippen molar-refractivity contribution in [3.8, 4) is 5.69 Å². The number of benzene rings is 1. The van der Waals surface area contributed by atoms with Gasteiger partial charge in [-0.2, -0.15) is 0 Å². The first-order chi connectivity index (χ1) is 8.02. The van der Waals surface area contributed by atoms with E-state index in [9.17, 15) is 0 Å². The molecule has 0 fully saturated rings. The maximum Gasteiger partial charge on any atom is 0.163 e. The van der Waals surface area contributed by atoms with Crippen molar-refractivity contribution in [3.05, 3.63) is 42.0 Å². The molecular formula is C13H17N3O. The number of aliphatic hydroxyl groups is 1. The standard InChI is InChI=1S/C13H17N3O/c1-13(2,3)10-4-6-11(7-5-10)16-9-14-15-12(16)8-17/h4-7,9,17H,8H2,1-3H3. The summed E-state index contributed by atoms with van der Waals surface area (Å²) >= 11 is 0. The van der Waals surface area contributed by atoms with Crippen molar-refractivity contribution in [1.29, 1.82) is 0 Å². The molecule has 1 heterocycles. The normalized spacial score (nSPS) is 11.8. The Morgan fingerprint density at radius 2 is 1.82 bits per heavy atom. The molecule has 0 spiro atoms. The fraction of sp³-hybridized carbons (Fsp3) is 0.385. The smallest absolute Gasteiger partial charge is 0.163 e. The molecule has 0 atom stereocenters. The highest BCUT2D eigenvalue weighted by atomic mass is 16.3. The van der Waals surface area contributed by atoms with Crippen LogP contribution in [-0.4, -0.2) is 19.9 Å². The van der Waals surface area contributed by atoms with Gasteiger partial charge in [0.15, 0.2) is 5.82 Å². The summed E-state index contributed by atoms with van der Waals surface area (Å²) in [7, 11) is 0. The van der Waals surface area contributed by atoms with Gasteiger partial charge >= 0.3 is 0 Å². The van der Waals surface area contributed by atoms with Crippen LogP contribution in [0.4, 0.5) is 0 Å². The lowest BCUT2D eigenvalue weighted by Gasteiger charge is -2.19. The molecule has 2 aromatic rings. The summed E-state index contributed by atoms with van der Waals surface area (Å²) in [6.45, 7) is 6.43. The van der Waals surface area contributed by atoms with Crippen LogP contribution in [0.15, 0.2) is 30.6 Å². The third-order valence-electron chi connectivity index (χ3n) is 2.77. The van der Waals surface area contributed by atoms with Crippen LogP contribution in [0, 0.1) is 0 Å². The number of hydrogen-bond acceptors (Lipinski definition) is 3. The van der Waals surface area contributed by atoms with E-state index in [4.69, 9.17) is 5.11 Å². The van der Waals surface area contributed by atoms with E-state index in [1.54, 1.807) is 10.9 Å². The highest BCUT2D eigenvalue weighted by Crippen LogP contribution is 2.23. The molecule has 0 saturated heterocycles. The van der Waals surface area contributed by atoms with Crippen LogP contribution in [-0.2, 0) is 12.0 Å². The van der Waals surface area contributed by atoms with Crippen molar-refractivity contribution in [1.82, 2.24) is 14.8 Å². The topological polar surface area (TPSA) is 50.9 Å². The fourth-order valence-corrected chi connectivity index (χ4v) is 1.70. The van der Waals surface area contributed by atoms with Crippen molar-refractivity contribution < 1.29 is 5.11 Å². The second-order valence-corrected chi connectivity index (χ2v) is 5.07. The minimum Gasteiger partial charge on any atom is -0.388 e. The maximum atomic E-state index is 9.13. The van der Waals surface area contributed by atoms with Crippen LogP contribution in [0.2, 0.25) is 0 Å². The lowest BCUT2D eigenvalue weighted by Crippen LogP contribution is -2.11. The zero-order valence-corrected chi connectivity index (χ0v) is 10.4.